The lowest BCUT2D eigenvalue weighted by Gasteiger charge is -2.30. The van der Waals surface area contributed by atoms with Crippen molar-refractivity contribution >= 4 is 33.4 Å². The summed E-state index contributed by atoms with van der Waals surface area (Å²) in [5.74, 6) is 0.753. The van der Waals surface area contributed by atoms with Gasteiger partial charge in [-0.2, -0.15) is 0 Å². The Balaban J connectivity index is 1.48. The summed E-state index contributed by atoms with van der Waals surface area (Å²) in [6.45, 7) is 6.51. The third kappa shape index (κ3) is 3.29. The van der Waals surface area contributed by atoms with Gasteiger partial charge in [-0.15, -0.1) is 0 Å². The van der Waals surface area contributed by atoms with Crippen LogP contribution in [0.5, 0.6) is 0 Å². The molecule has 5 rings (SSSR count). The zero-order chi connectivity index (χ0) is 20.5. The second-order valence-electron chi connectivity index (χ2n) is 7.36. The fourth-order valence-electron chi connectivity index (χ4n) is 4.11. The number of fused-ring (bicyclic) bond motifs is 2. The average molecular weight is 404 g/mol. The van der Waals surface area contributed by atoms with Gasteiger partial charge < -0.3 is 19.9 Å². The average Bonchev–Trinajstić information content (AvgIpc) is 3.10. The van der Waals surface area contributed by atoms with E-state index in [2.05, 4.69) is 49.4 Å². The highest BCUT2D eigenvalue weighted by molar-refractivity contribution is 5.98. The number of ether oxygens (including phenoxy) is 1. The summed E-state index contributed by atoms with van der Waals surface area (Å²) in [4.78, 5) is 26.4. The molecule has 0 radical (unpaired) electrons. The molecule has 0 amide bonds. The minimum absolute atomic E-state index is 0.107. The van der Waals surface area contributed by atoms with E-state index in [1.54, 1.807) is 10.9 Å². The maximum atomic E-state index is 12.2. The highest BCUT2D eigenvalue weighted by atomic mass is 16.5. The van der Waals surface area contributed by atoms with Gasteiger partial charge in [0.1, 0.15) is 12.1 Å². The lowest BCUT2D eigenvalue weighted by molar-refractivity contribution is 0.122. The van der Waals surface area contributed by atoms with E-state index in [0.717, 1.165) is 54.1 Å². The van der Waals surface area contributed by atoms with Gasteiger partial charge in [-0.05, 0) is 30.7 Å². The van der Waals surface area contributed by atoms with E-state index < -0.39 is 0 Å². The van der Waals surface area contributed by atoms with Gasteiger partial charge in [-0.1, -0.05) is 18.2 Å². The first-order valence-electron chi connectivity index (χ1n) is 10.3. The van der Waals surface area contributed by atoms with Crippen LogP contribution >= 0.6 is 0 Å². The number of aromatic nitrogens is 4. The van der Waals surface area contributed by atoms with E-state index in [0.29, 0.717) is 13.1 Å². The molecule has 0 spiro atoms. The highest BCUT2D eigenvalue weighted by Gasteiger charge is 2.15. The molecule has 3 heterocycles. The standard InChI is InChI=1S/C22H24N6O2/c1-2-28-20-12-17-16(11-18(20)26-22(28)29)21(25-14-24-17)23-13-15-5-3-4-6-19(15)27-7-9-30-10-8-27/h3-6,11-12,14H,2,7-10,13H2,1H3,(H,26,29)(H,23,24,25). The number of aryl methyl sites for hydroxylation is 1. The van der Waals surface area contributed by atoms with E-state index in [4.69, 9.17) is 4.74 Å². The zero-order valence-electron chi connectivity index (χ0n) is 16.9. The monoisotopic (exact) mass is 404 g/mol. The Morgan fingerprint density at radius 2 is 2.00 bits per heavy atom. The molecule has 1 fully saturated rings. The van der Waals surface area contributed by atoms with Crippen molar-refractivity contribution in [2.45, 2.75) is 20.0 Å². The Bertz CT molecular complexity index is 1260. The van der Waals surface area contributed by atoms with Crippen LogP contribution in [0.4, 0.5) is 11.5 Å². The number of H-pyrrole nitrogens is 1. The molecule has 30 heavy (non-hydrogen) atoms. The molecule has 1 aliphatic rings. The largest absolute Gasteiger partial charge is 0.378 e. The fourth-order valence-corrected chi connectivity index (χ4v) is 4.11. The van der Waals surface area contributed by atoms with Crippen LogP contribution < -0.4 is 15.9 Å². The molecule has 4 aromatic rings. The van der Waals surface area contributed by atoms with Crippen molar-refractivity contribution in [1.29, 1.82) is 0 Å². The van der Waals surface area contributed by atoms with E-state index >= 15 is 0 Å². The summed E-state index contributed by atoms with van der Waals surface area (Å²) in [6.07, 6.45) is 1.56. The van der Waals surface area contributed by atoms with Crippen LogP contribution in [0.3, 0.4) is 0 Å². The van der Waals surface area contributed by atoms with Gasteiger partial charge >= 0.3 is 5.69 Å². The molecule has 1 aliphatic heterocycles. The maximum absolute atomic E-state index is 12.2. The van der Waals surface area contributed by atoms with Crippen molar-refractivity contribution in [3.8, 4) is 0 Å². The Morgan fingerprint density at radius 3 is 2.83 bits per heavy atom. The predicted molar refractivity (Wildman–Crippen MR) is 118 cm³/mol. The number of aromatic amines is 1. The molecule has 1 saturated heterocycles. The van der Waals surface area contributed by atoms with Gasteiger partial charge in [0.15, 0.2) is 0 Å². The number of hydrogen-bond donors (Lipinski definition) is 2. The number of benzene rings is 2. The molecule has 8 nitrogen and oxygen atoms in total. The lowest BCUT2D eigenvalue weighted by Crippen LogP contribution is -2.36. The smallest absolute Gasteiger partial charge is 0.326 e. The van der Waals surface area contributed by atoms with Crippen LogP contribution in [-0.2, 0) is 17.8 Å². The number of morpholine rings is 1. The minimum atomic E-state index is -0.107. The molecule has 2 N–H and O–H groups in total. The SMILES string of the molecule is CCn1c(=O)[nH]c2cc3c(NCc4ccccc4N4CCOCC4)ncnc3cc21. The number of para-hydroxylation sites is 1. The predicted octanol–water partition coefficient (Wildman–Crippen LogP) is 2.74. The van der Waals surface area contributed by atoms with Gasteiger partial charge in [0.05, 0.1) is 29.8 Å². The Kier molecular flexibility index (Phi) is 4.84. The van der Waals surface area contributed by atoms with Crippen LogP contribution in [0.25, 0.3) is 21.9 Å². The van der Waals surface area contributed by atoms with Crippen molar-refractivity contribution in [2.24, 2.45) is 0 Å². The zero-order valence-corrected chi connectivity index (χ0v) is 16.9. The second kappa shape index (κ2) is 7.79. The molecule has 0 saturated carbocycles. The highest BCUT2D eigenvalue weighted by Crippen LogP contribution is 2.26. The fraction of sp³-hybridized carbons (Fsp3) is 0.318. The van der Waals surface area contributed by atoms with Gasteiger partial charge in [-0.25, -0.2) is 14.8 Å². The molecular weight excluding hydrogens is 380 g/mol. The normalized spacial score (nSPS) is 14.5. The molecule has 0 bridgehead atoms. The topological polar surface area (TPSA) is 88.1 Å². The first kappa shape index (κ1) is 18.6. The lowest BCUT2D eigenvalue weighted by atomic mass is 10.1. The molecule has 8 heteroatoms. The summed E-state index contributed by atoms with van der Waals surface area (Å²) in [5, 5.41) is 4.36. The van der Waals surface area contributed by atoms with Gasteiger partial charge in [0, 0.05) is 37.3 Å². The summed E-state index contributed by atoms with van der Waals surface area (Å²) in [6, 6.07) is 12.3. The summed E-state index contributed by atoms with van der Waals surface area (Å²) in [7, 11) is 0. The van der Waals surface area contributed by atoms with Crippen molar-refractivity contribution in [1.82, 2.24) is 19.5 Å². The number of nitrogens with one attached hydrogen (secondary N) is 2. The maximum Gasteiger partial charge on any atom is 0.326 e. The van der Waals surface area contributed by atoms with Crippen molar-refractivity contribution in [3.05, 3.63) is 58.8 Å². The third-order valence-corrected chi connectivity index (χ3v) is 5.64. The molecule has 2 aromatic carbocycles. The van der Waals surface area contributed by atoms with Gasteiger partial charge in [-0.3, -0.25) is 4.57 Å². The van der Waals surface area contributed by atoms with E-state index in [9.17, 15) is 4.79 Å². The number of hydrogen-bond acceptors (Lipinski definition) is 6. The number of anilines is 2. The Labute approximate surface area is 173 Å². The second-order valence-corrected chi connectivity index (χ2v) is 7.36. The quantitative estimate of drug-likeness (QED) is 0.532. The molecule has 0 unspecified atom stereocenters. The van der Waals surface area contributed by atoms with Crippen LogP contribution in [0, 0.1) is 0 Å². The van der Waals surface area contributed by atoms with Crippen LogP contribution in [0.15, 0.2) is 47.5 Å². The minimum Gasteiger partial charge on any atom is -0.378 e. The van der Waals surface area contributed by atoms with Crippen molar-refractivity contribution in [3.63, 3.8) is 0 Å². The molecular formula is C22H24N6O2. The third-order valence-electron chi connectivity index (χ3n) is 5.64. The van der Waals surface area contributed by atoms with E-state index in [1.165, 1.54) is 11.3 Å². The first-order valence-corrected chi connectivity index (χ1v) is 10.3. The Morgan fingerprint density at radius 1 is 1.17 bits per heavy atom. The van der Waals surface area contributed by atoms with E-state index in [-0.39, 0.29) is 5.69 Å². The van der Waals surface area contributed by atoms with Gasteiger partial charge in [0.25, 0.3) is 0 Å². The first-order chi connectivity index (χ1) is 14.7. The van der Waals surface area contributed by atoms with Gasteiger partial charge in [0.2, 0.25) is 0 Å². The molecule has 154 valence electrons. The van der Waals surface area contributed by atoms with Crippen LogP contribution in [0.2, 0.25) is 0 Å². The number of rotatable bonds is 5. The van der Waals surface area contributed by atoms with Crippen LogP contribution in [-0.4, -0.2) is 45.8 Å². The molecule has 0 aliphatic carbocycles. The van der Waals surface area contributed by atoms with Crippen molar-refractivity contribution < 1.29 is 4.74 Å². The Hall–Kier alpha value is -3.39. The molecule has 2 aromatic heterocycles. The summed E-state index contributed by atoms with van der Waals surface area (Å²) < 4.78 is 7.20. The van der Waals surface area contributed by atoms with Crippen LogP contribution in [0.1, 0.15) is 12.5 Å². The summed E-state index contributed by atoms with van der Waals surface area (Å²) in [5.41, 5.74) is 4.78. The summed E-state index contributed by atoms with van der Waals surface area (Å²) >= 11 is 0. The van der Waals surface area contributed by atoms with Crippen molar-refractivity contribution in [2.75, 3.05) is 36.5 Å². The molecule has 0 atom stereocenters. The number of nitrogens with zero attached hydrogens (tertiary/aromatic N) is 4. The number of imidazole rings is 1. The van der Waals surface area contributed by atoms with E-state index in [1.807, 2.05) is 19.1 Å².